The number of esters is 2. The number of unbranched alkanes of at least 4 members (excludes halogenated alkanes) is 2. The maximum absolute atomic E-state index is 12.6. The van der Waals surface area contributed by atoms with Crippen LogP contribution in [0.2, 0.25) is 0 Å². The maximum atomic E-state index is 12.6. The smallest absolute Gasteiger partial charge is 0.341 e. The first kappa shape index (κ1) is 30.0. The van der Waals surface area contributed by atoms with Crippen LogP contribution < -0.4 is 24.3 Å². The highest BCUT2D eigenvalue weighted by Gasteiger charge is 2.24. The van der Waals surface area contributed by atoms with E-state index in [4.69, 9.17) is 28.4 Å². The molecule has 206 valence electrons. The molecule has 2 aromatic carbocycles. The van der Waals surface area contributed by atoms with E-state index in [9.17, 15) is 14.4 Å². The van der Waals surface area contributed by atoms with Crippen LogP contribution in [0, 0.1) is 0 Å². The number of carbonyl (C=O) groups excluding carboxylic acids is 3. The van der Waals surface area contributed by atoms with Crippen molar-refractivity contribution in [3.63, 3.8) is 0 Å². The van der Waals surface area contributed by atoms with E-state index in [0.29, 0.717) is 47.5 Å². The molecule has 38 heavy (non-hydrogen) atoms. The van der Waals surface area contributed by atoms with Gasteiger partial charge in [-0.1, -0.05) is 6.08 Å². The summed E-state index contributed by atoms with van der Waals surface area (Å²) in [6.45, 7) is 0. The number of benzene rings is 2. The lowest BCUT2D eigenvalue weighted by molar-refractivity contribution is -0.120. The number of nitrogens with one attached hydrogen (secondary N) is 1. The zero-order valence-corrected chi connectivity index (χ0v) is 22.9. The average molecular weight is 530 g/mol. The van der Waals surface area contributed by atoms with Gasteiger partial charge >= 0.3 is 11.9 Å². The molecule has 1 amide bonds. The molecule has 0 aliphatic carbocycles. The van der Waals surface area contributed by atoms with E-state index in [0.717, 1.165) is 6.42 Å². The van der Waals surface area contributed by atoms with Crippen LogP contribution in [0.1, 0.15) is 57.5 Å². The number of hydrogen-bond donors (Lipinski definition) is 1. The summed E-state index contributed by atoms with van der Waals surface area (Å²) in [7, 11) is 9.97. The fourth-order valence-electron chi connectivity index (χ4n) is 3.97. The lowest BCUT2D eigenvalue weighted by Gasteiger charge is -2.18. The van der Waals surface area contributed by atoms with Crippen LogP contribution in [-0.2, 0) is 14.3 Å². The topological polar surface area (TPSA) is 119 Å². The molecule has 0 saturated heterocycles. The van der Waals surface area contributed by atoms with Crippen LogP contribution in [0.5, 0.6) is 23.0 Å². The van der Waals surface area contributed by atoms with Crippen molar-refractivity contribution in [2.75, 3.05) is 49.7 Å². The van der Waals surface area contributed by atoms with Gasteiger partial charge in [-0.15, -0.1) is 0 Å². The first-order chi connectivity index (χ1) is 18.3. The Hall–Kier alpha value is -4.21. The Labute approximate surface area is 222 Å². The minimum Gasteiger partial charge on any atom is -0.493 e. The summed E-state index contributed by atoms with van der Waals surface area (Å²) in [6.07, 6.45) is 4.39. The summed E-state index contributed by atoms with van der Waals surface area (Å²) >= 11 is 0. The van der Waals surface area contributed by atoms with Gasteiger partial charge in [0.25, 0.3) is 0 Å². The average Bonchev–Trinajstić information content (AvgIpc) is 2.96. The van der Waals surface area contributed by atoms with Crippen molar-refractivity contribution in [3.8, 4) is 23.0 Å². The van der Waals surface area contributed by atoms with E-state index >= 15 is 0 Å². The van der Waals surface area contributed by atoms with Crippen molar-refractivity contribution >= 4 is 23.4 Å². The molecule has 0 aromatic heterocycles. The van der Waals surface area contributed by atoms with Crippen LogP contribution in [-0.4, -0.2) is 67.6 Å². The molecule has 2 rings (SSSR count). The first-order valence-electron chi connectivity index (χ1n) is 11.9. The molecule has 0 aliphatic heterocycles. The number of methoxy groups -OCH3 is 6. The predicted octanol–water partition coefficient (Wildman–Crippen LogP) is 4.03. The van der Waals surface area contributed by atoms with Crippen molar-refractivity contribution in [2.45, 2.75) is 25.7 Å². The molecule has 0 fully saturated rings. The number of carbonyl (C=O) groups is 3. The molecule has 0 aliphatic rings. The van der Waals surface area contributed by atoms with Gasteiger partial charge in [0, 0.05) is 13.5 Å². The molecule has 0 radical (unpaired) electrons. The quantitative estimate of drug-likeness (QED) is 0.303. The third kappa shape index (κ3) is 6.96. The Bertz CT molecular complexity index is 1110. The van der Waals surface area contributed by atoms with Crippen LogP contribution in [0.4, 0.5) is 0 Å². The largest absolute Gasteiger partial charge is 0.493 e. The Morgan fingerprint density at radius 2 is 1.18 bits per heavy atom. The Morgan fingerprint density at radius 3 is 1.55 bits per heavy atom. The van der Waals surface area contributed by atoms with Gasteiger partial charge in [-0.05, 0) is 60.2 Å². The van der Waals surface area contributed by atoms with E-state index in [-0.39, 0.29) is 28.5 Å². The van der Waals surface area contributed by atoms with Gasteiger partial charge in [-0.3, -0.25) is 4.79 Å². The molecule has 1 N–H and O–H groups in total. The fourth-order valence-corrected chi connectivity index (χ4v) is 3.97. The first-order valence-corrected chi connectivity index (χ1v) is 11.9. The summed E-state index contributed by atoms with van der Waals surface area (Å²) in [5, 5.41) is 2.61. The highest BCUT2D eigenvalue weighted by Crippen LogP contribution is 2.40. The Balaban J connectivity index is 2.76. The van der Waals surface area contributed by atoms with Gasteiger partial charge in [0.05, 0.1) is 42.7 Å². The summed E-state index contributed by atoms with van der Waals surface area (Å²) < 4.78 is 31.8. The molecule has 0 heterocycles. The second-order valence-electron chi connectivity index (χ2n) is 8.04. The number of amides is 1. The lowest BCUT2D eigenvalue weighted by Crippen LogP contribution is -2.16. The Kier molecular flexibility index (Phi) is 11.5. The molecular weight excluding hydrogens is 494 g/mol. The minimum atomic E-state index is -0.602. The number of rotatable bonds is 13. The van der Waals surface area contributed by atoms with Gasteiger partial charge in [0.1, 0.15) is 11.1 Å². The normalized spacial score (nSPS) is 10.2. The zero-order chi connectivity index (χ0) is 28.2. The predicted molar refractivity (Wildman–Crippen MR) is 141 cm³/mol. The van der Waals surface area contributed by atoms with E-state index in [2.05, 4.69) is 5.32 Å². The summed E-state index contributed by atoms with van der Waals surface area (Å²) in [5.41, 5.74) is 2.24. The highest BCUT2D eigenvalue weighted by molar-refractivity contribution is 5.98. The summed E-state index contributed by atoms with van der Waals surface area (Å²) in [5.74, 6) is -0.122. The van der Waals surface area contributed by atoms with Gasteiger partial charge in [-0.2, -0.15) is 0 Å². The van der Waals surface area contributed by atoms with E-state index in [1.807, 2.05) is 6.08 Å². The minimum absolute atomic E-state index is 0.0283. The molecule has 10 nitrogen and oxygen atoms in total. The molecule has 0 spiro atoms. The molecular formula is C28H35NO9. The fraction of sp³-hybridized carbons (Fsp3) is 0.393. The summed E-state index contributed by atoms with van der Waals surface area (Å²) in [4.78, 5) is 36.8. The monoisotopic (exact) mass is 529 g/mol. The SMILES string of the molecule is CNC(=O)CCCCC=C(c1cc(OC)c(OC)c(C(=O)OC)c1)c1cc(OC)c(OC)c(C(=O)OC)c1. The molecule has 0 saturated carbocycles. The second kappa shape index (κ2) is 14.5. The number of hydrogen-bond acceptors (Lipinski definition) is 9. The molecule has 2 aromatic rings. The van der Waals surface area contributed by atoms with Crippen LogP contribution in [0.25, 0.3) is 5.57 Å². The standard InChI is InChI=1S/C28H35NO9/c1-29-24(30)12-10-8-9-11-19(17-13-20(27(31)37-6)25(35-4)22(15-17)33-2)18-14-21(28(32)38-7)26(36-5)23(16-18)34-3/h11,13-16H,8-10,12H2,1-7H3,(H,29,30). The molecule has 0 atom stereocenters. The maximum Gasteiger partial charge on any atom is 0.341 e. The van der Waals surface area contributed by atoms with E-state index in [1.54, 1.807) is 31.3 Å². The van der Waals surface area contributed by atoms with Crippen molar-refractivity contribution in [1.29, 1.82) is 0 Å². The Morgan fingerprint density at radius 1 is 0.711 bits per heavy atom. The lowest BCUT2D eigenvalue weighted by atomic mass is 9.92. The van der Waals surface area contributed by atoms with Gasteiger partial charge in [0.2, 0.25) is 5.91 Å². The van der Waals surface area contributed by atoms with Crippen LogP contribution >= 0.6 is 0 Å². The van der Waals surface area contributed by atoms with E-state index in [1.165, 1.54) is 42.7 Å². The van der Waals surface area contributed by atoms with E-state index < -0.39 is 11.9 Å². The molecule has 10 heteroatoms. The second-order valence-corrected chi connectivity index (χ2v) is 8.04. The number of ether oxygens (including phenoxy) is 6. The third-order valence-electron chi connectivity index (χ3n) is 5.88. The van der Waals surface area contributed by atoms with Gasteiger partial charge in [0.15, 0.2) is 23.0 Å². The van der Waals surface area contributed by atoms with Crippen molar-refractivity contribution < 1.29 is 42.8 Å². The van der Waals surface area contributed by atoms with Gasteiger partial charge in [-0.25, -0.2) is 9.59 Å². The van der Waals surface area contributed by atoms with Crippen molar-refractivity contribution in [1.82, 2.24) is 5.32 Å². The molecule has 0 unspecified atom stereocenters. The number of allylic oxidation sites excluding steroid dienone is 1. The third-order valence-corrected chi connectivity index (χ3v) is 5.88. The highest BCUT2D eigenvalue weighted by atomic mass is 16.5. The zero-order valence-electron chi connectivity index (χ0n) is 22.9. The van der Waals surface area contributed by atoms with Crippen LogP contribution in [0.15, 0.2) is 30.3 Å². The van der Waals surface area contributed by atoms with Crippen LogP contribution in [0.3, 0.4) is 0 Å². The van der Waals surface area contributed by atoms with Crippen molar-refractivity contribution in [3.05, 3.63) is 52.6 Å². The van der Waals surface area contributed by atoms with Gasteiger partial charge < -0.3 is 33.7 Å². The summed E-state index contributed by atoms with van der Waals surface area (Å²) in [6, 6.07) is 6.74. The van der Waals surface area contributed by atoms with Crippen molar-refractivity contribution in [2.24, 2.45) is 0 Å². The molecule has 0 bridgehead atoms.